The summed E-state index contributed by atoms with van der Waals surface area (Å²) in [7, 11) is 0. The number of hydrogen-bond acceptors (Lipinski definition) is 3. The molecule has 0 aromatic heterocycles. The Morgan fingerprint density at radius 2 is 1.85 bits per heavy atom. The van der Waals surface area contributed by atoms with Crippen LogP contribution in [-0.4, -0.2) is 17.6 Å². The first-order valence-electron chi connectivity index (χ1n) is 8.32. The van der Waals surface area contributed by atoms with Gasteiger partial charge in [-0.05, 0) is 42.7 Å². The van der Waals surface area contributed by atoms with Gasteiger partial charge in [0.15, 0.2) is 0 Å². The number of benzene rings is 2. The van der Waals surface area contributed by atoms with Crippen LogP contribution in [0.1, 0.15) is 23.8 Å². The highest BCUT2D eigenvalue weighted by atomic mass is 32.2. The Labute approximate surface area is 153 Å². The fraction of sp³-hybridized carbons (Fsp3) is 0.263. The van der Waals surface area contributed by atoms with Crippen molar-refractivity contribution in [3.63, 3.8) is 0 Å². The molecule has 134 valence electrons. The first-order chi connectivity index (χ1) is 12.5. The number of carbonyl (C=O) groups is 2. The van der Waals surface area contributed by atoms with E-state index in [-0.39, 0.29) is 29.2 Å². The third kappa shape index (κ3) is 3.31. The van der Waals surface area contributed by atoms with E-state index in [4.69, 9.17) is 0 Å². The average molecular weight is 374 g/mol. The molecule has 2 aromatic carbocycles. The lowest BCUT2D eigenvalue weighted by atomic mass is 10.1. The SMILES string of the molecule is O=C(Nc1ccc([C@@H]2SCC(=O)N2c2ccc(F)cc2F)cc1)C1CC1. The maximum atomic E-state index is 14.2. The molecule has 7 heteroatoms. The average Bonchev–Trinajstić information content (AvgIpc) is 3.40. The van der Waals surface area contributed by atoms with E-state index in [0.29, 0.717) is 5.69 Å². The Bertz CT molecular complexity index is 868. The van der Waals surface area contributed by atoms with Crippen LogP contribution in [0.25, 0.3) is 0 Å². The first kappa shape index (κ1) is 17.0. The lowest BCUT2D eigenvalue weighted by molar-refractivity contribution is -0.117. The van der Waals surface area contributed by atoms with Gasteiger partial charge in [-0.2, -0.15) is 0 Å². The summed E-state index contributed by atoms with van der Waals surface area (Å²) >= 11 is 1.38. The van der Waals surface area contributed by atoms with Gasteiger partial charge < -0.3 is 5.32 Å². The van der Waals surface area contributed by atoms with Crippen molar-refractivity contribution in [3.8, 4) is 0 Å². The minimum Gasteiger partial charge on any atom is -0.326 e. The fourth-order valence-electron chi connectivity index (χ4n) is 2.93. The summed E-state index contributed by atoms with van der Waals surface area (Å²) in [4.78, 5) is 25.5. The third-order valence-electron chi connectivity index (χ3n) is 4.45. The van der Waals surface area contributed by atoms with E-state index in [0.717, 1.165) is 30.5 Å². The van der Waals surface area contributed by atoms with E-state index in [9.17, 15) is 18.4 Å². The van der Waals surface area contributed by atoms with Gasteiger partial charge in [0.1, 0.15) is 17.0 Å². The molecule has 0 spiro atoms. The quantitative estimate of drug-likeness (QED) is 0.877. The Kier molecular flexibility index (Phi) is 4.40. The predicted molar refractivity (Wildman–Crippen MR) is 96.8 cm³/mol. The van der Waals surface area contributed by atoms with E-state index in [1.54, 1.807) is 12.1 Å². The molecular weight excluding hydrogens is 358 g/mol. The maximum Gasteiger partial charge on any atom is 0.238 e. The molecule has 2 aromatic rings. The summed E-state index contributed by atoms with van der Waals surface area (Å²) < 4.78 is 27.3. The van der Waals surface area contributed by atoms with Crippen LogP contribution >= 0.6 is 11.8 Å². The molecule has 0 radical (unpaired) electrons. The van der Waals surface area contributed by atoms with Gasteiger partial charge >= 0.3 is 0 Å². The van der Waals surface area contributed by atoms with Crippen molar-refractivity contribution in [2.24, 2.45) is 5.92 Å². The van der Waals surface area contributed by atoms with Gasteiger partial charge in [0, 0.05) is 17.7 Å². The molecule has 2 amide bonds. The zero-order valence-electron chi connectivity index (χ0n) is 13.7. The van der Waals surface area contributed by atoms with Gasteiger partial charge in [0.2, 0.25) is 11.8 Å². The van der Waals surface area contributed by atoms with Crippen molar-refractivity contribution < 1.29 is 18.4 Å². The number of anilines is 2. The highest BCUT2D eigenvalue weighted by Gasteiger charge is 2.35. The van der Waals surface area contributed by atoms with Gasteiger partial charge in [-0.1, -0.05) is 12.1 Å². The number of rotatable bonds is 4. The number of halogens is 2. The van der Waals surface area contributed by atoms with Crippen molar-refractivity contribution in [1.82, 2.24) is 0 Å². The topological polar surface area (TPSA) is 49.4 Å². The van der Waals surface area contributed by atoms with Crippen molar-refractivity contribution in [2.75, 3.05) is 16.0 Å². The Morgan fingerprint density at radius 3 is 2.50 bits per heavy atom. The number of hydrogen-bond donors (Lipinski definition) is 1. The second kappa shape index (κ2) is 6.72. The number of thioether (sulfide) groups is 1. The summed E-state index contributed by atoms with van der Waals surface area (Å²) in [6, 6.07) is 10.4. The molecule has 1 aliphatic carbocycles. The standard InChI is InChI=1S/C19H16F2N2O2S/c20-13-5-8-16(15(21)9-13)23-17(24)10-26-19(23)12-3-6-14(7-4-12)22-18(25)11-1-2-11/h3-9,11,19H,1-2,10H2,(H,22,25)/t19-/m0/s1. The Morgan fingerprint density at radius 1 is 1.12 bits per heavy atom. The van der Waals surface area contributed by atoms with E-state index >= 15 is 0 Å². The molecule has 1 N–H and O–H groups in total. The molecule has 2 fully saturated rings. The third-order valence-corrected chi connectivity index (χ3v) is 5.66. The van der Waals surface area contributed by atoms with Gasteiger partial charge in [0.25, 0.3) is 0 Å². The van der Waals surface area contributed by atoms with Gasteiger partial charge in [-0.15, -0.1) is 11.8 Å². The lowest BCUT2D eigenvalue weighted by Gasteiger charge is -2.25. The first-order valence-corrected chi connectivity index (χ1v) is 9.37. The number of nitrogens with zero attached hydrogens (tertiary/aromatic N) is 1. The molecule has 0 bridgehead atoms. The maximum absolute atomic E-state index is 14.2. The van der Waals surface area contributed by atoms with Crippen LogP contribution in [0.15, 0.2) is 42.5 Å². The van der Waals surface area contributed by atoms with E-state index < -0.39 is 17.0 Å². The minimum absolute atomic E-state index is 0.0261. The van der Waals surface area contributed by atoms with Crippen LogP contribution in [0.5, 0.6) is 0 Å². The monoisotopic (exact) mass is 374 g/mol. The fourth-order valence-corrected chi connectivity index (χ4v) is 4.10. The molecule has 26 heavy (non-hydrogen) atoms. The molecule has 4 nitrogen and oxygen atoms in total. The van der Waals surface area contributed by atoms with Crippen LogP contribution in [0.4, 0.5) is 20.2 Å². The van der Waals surface area contributed by atoms with E-state index in [1.807, 2.05) is 12.1 Å². The van der Waals surface area contributed by atoms with Crippen LogP contribution in [0, 0.1) is 17.6 Å². The van der Waals surface area contributed by atoms with E-state index in [1.165, 1.54) is 22.7 Å². The molecule has 1 saturated carbocycles. The van der Waals surface area contributed by atoms with Crippen molar-refractivity contribution in [2.45, 2.75) is 18.2 Å². The molecule has 1 saturated heterocycles. The Balaban J connectivity index is 1.57. The molecule has 1 heterocycles. The van der Waals surface area contributed by atoms with Crippen LogP contribution < -0.4 is 10.2 Å². The highest BCUT2D eigenvalue weighted by molar-refractivity contribution is 8.00. The molecule has 1 atom stereocenters. The Hall–Kier alpha value is -2.41. The smallest absolute Gasteiger partial charge is 0.238 e. The van der Waals surface area contributed by atoms with E-state index in [2.05, 4.69) is 5.32 Å². The van der Waals surface area contributed by atoms with Gasteiger partial charge in [-0.25, -0.2) is 8.78 Å². The second-order valence-electron chi connectivity index (χ2n) is 6.41. The highest BCUT2D eigenvalue weighted by Crippen LogP contribution is 2.42. The van der Waals surface area contributed by atoms with Crippen molar-refractivity contribution in [3.05, 3.63) is 59.7 Å². The predicted octanol–water partition coefficient (Wildman–Crippen LogP) is 4.09. The summed E-state index contributed by atoms with van der Waals surface area (Å²) in [6.45, 7) is 0. The summed E-state index contributed by atoms with van der Waals surface area (Å²) in [6.07, 6.45) is 1.87. The second-order valence-corrected chi connectivity index (χ2v) is 7.48. The van der Waals surface area contributed by atoms with Crippen LogP contribution in [0.3, 0.4) is 0 Å². The van der Waals surface area contributed by atoms with Gasteiger partial charge in [0.05, 0.1) is 11.4 Å². The van der Waals surface area contributed by atoms with Crippen molar-refractivity contribution >= 4 is 35.0 Å². The largest absolute Gasteiger partial charge is 0.326 e. The molecule has 4 rings (SSSR count). The van der Waals surface area contributed by atoms with Gasteiger partial charge in [-0.3, -0.25) is 14.5 Å². The number of nitrogens with one attached hydrogen (secondary N) is 1. The zero-order chi connectivity index (χ0) is 18.3. The van der Waals surface area contributed by atoms with Crippen LogP contribution in [0.2, 0.25) is 0 Å². The number of carbonyl (C=O) groups excluding carboxylic acids is 2. The molecule has 0 unspecified atom stereocenters. The van der Waals surface area contributed by atoms with Crippen molar-refractivity contribution in [1.29, 1.82) is 0 Å². The minimum atomic E-state index is -0.765. The number of amides is 2. The summed E-state index contributed by atoms with van der Waals surface area (Å²) in [5, 5.41) is 2.47. The lowest BCUT2D eigenvalue weighted by Crippen LogP contribution is -2.28. The normalized spacial score (nSPS) is 19.7. The molecular formula is C19H16F2N2O2S. The summed E-state index contributed by atoms with van der Waals surface area (Å²) in [5.74, 6) is -1.30. The van der Waals surface area contributed by atoms with Crippen LogP contribution in [-0.2, 0) is 9.59 Å². The molecule has 1 aliphatic heterocycles. The summed E-state index contributed by atoms with van der Waals surface area (Å²) in [5.41, 5.74) is 1.57. The molecule has 2 aliphatic rings. The zero-order valence-corrected chi connectivity index (χ0v) is 14.6.